The van der Waals surface area contributed by atoms with Crippen molar-refractivity contribution in [3.8, 4) is 11.1 Å². The Morgan fingerprint density at radius 2 is 1.65 bits per heavy atom. The molecule has 1 nitrogen and oxygen atoms in total. The van der Waals surface area contributed by atoms with E-state index in [0.29, 0.717) is 0 Å². The van der Waals surface area contributed by atoms with E-state index >= 15 is 0 Å². The zero-order valence-electron chi connectivity index (χ0n) is 12.4. The second-order valence-corrected chi connectivity index (χ2v) is 4.85. The number of hydrogen-bond acceptors (Lipinski definition) is 1. The molecule has 20 heavy (non-hydrogen) atoms. The zero-order valence-corrected chi connectivity index (χ0v) is 12.4. The smallest absolute Gasteiger partial charge is 0.0439 e. The van der Waals surface area contributed by atoms with Crippen LogP contribution in [-0.4, -0.2) is 7.05 Å². The van der Waals surface area contributed by atoms with Crippen molar-refractivity contribution in [3.05, 3.63) is 78.5 Å². The minimum atomic E-state index is 1.23. The first-order valence-corrected chi connectivity index (χ1v) is 6.91. The lowest BCUT2D eigenvalue weighted by Gasteiger charge is -2.18. The molecule has 0 aliphatic heterocycles. The van der Waals surface area contributed by atoms with Gasteiger partial charge in [0.05, 0.1) is 0 Å². The third-order valence-electron chi connectivity index (χ3n) is 3.31. The number of aryl methyl sites for hydroxylation is 1. The fraction of sp³-hybridized carbons (Fsp3) is 0.158. The van der Waals surface area contributed by atoms with Crippen molar-refractivity contribution >= 4 is 5.69 Å². The van der Waals surface area contributed by atoms with E-state index in [1.54, 1.807) is 0 Å². The van der Waals surface area contributed by atoms with Crippen molar-refractivity contribution in [2.24, 2.45) is 0 Å². The van der Waals surface area contributed by atoms with Crippen LogP contribution >= 0.6 is 0 Å². The van der Waals surface area contributed by atoms with E-state index < -0.39 is 0 Å². The van der Waals surface area contributed by atoms with Crippen LogP contribution in [0.15, 0.2) is 73.0 Å². The quantitative estimate of drug-likeness (QED) is 0.686. The number of anilines is 1. The first-order valence-electron chi connectivity index (χ1n) is 6.91. The number of nitrogens with zero attached hydrogens (tertiary/aromatic N) is 1. The Kier molecular flexibility index (Phi) is 4.78. The molecular formula is C19H21N. The maximum atomic E-state index is 2.24. The average Bonchev–Trinajstić information content (AvgIpc) is 2.49. The molecule has 0 N–H and O–H groups in total. The highest BCUT2D eigenvalue weighted by Gasteiger charge is 2.04. The molecule has 0 aliphatic carbocycles. The van der Waals surface area contributed by atoms with Gasteiger partial charge in [-0.1, -0.05) is 54.6 Å². The van der Waals surface area contributed by atoms with Crippen LogP contribution in [0, 0.1) is 6.92 Å². The molecule has 0 saturated heterocycles. The summed E-state index contributed by atoms with van der Waals surface area (Å²) in [7, 11) is 2.08. The topological polar surface area (TPSA) is 3.24 Å². The summed E-state index contributed by atoms with van der Waals surface area (Å²) in [5.74, 6) is 0. The molecule has 0 unspecified atom stereocenters. The van der Waals surface area contributed by atoms with Gasteiger partial charge in [0.1, 0.15) is 0 Å². The van der Waals surface area contributed by atoms with E-state index in [2.05, 4.69) is 73.6 Å². The molecule has 0 heterocycles. The summed E-state index contributed by atoms with van der Waals surface area (Å²) in [6.45, 7) is 4.16. The minimum Gasteiger partial charge on any atom is -0.351 e. The van der Waals surface area contributed by atoms with Gasteiger partial charge in [0, 0.05) is 18.9 Å². The molecule has 1 heteroatoms. The number of allylic oxidation sites excluding steroid dienone is 3. The molecule has 0 atom stereocenters. The maximum absolute atomic E-state index is 2.24. The van der Waals surface area contributed by atoms with E-state index in [1.165, 1.54) is 22.4 Å². The summed E-state index contributed by atoms with van der Waals surface area (Å²) in [5, 5.41) is 0. The fourth-order valence-electron chi connectivity index (χ4n) is 2.17. The van der Waals surface area contributed by atoms with Crippen LogP contribution in [0.2, 0.25) is 0 Å². The standard InChI is InChI=1S/C19H21N/c1-4-5-9-14-20(3)19-15-18(13-12-16(19)2)17-10-7-6-8-11-17/h4-15H,1-3H3/b5-4-,14-9-. The molecule has 0 radical (unpaired) electrons. The average molecular weight is 263 g/mol. The summed E-state index contributed by atoms with van der Waals surface area (Å²) in [6.07, 6.45) is 8.19. The van der Waals surface area contributed by atoms with Gasteiger partial charge < -0.3 is 4.90 Å². The largest absolute Gasteiger partial charge is 0.351 e. The van der Waals surface area contributed by atoms with Crippen LogP contribution < -0.4 is 4.90 Å². The van der Waals surface area contributed by atoms with Crippen molar-refractivity contribution in [3.63, 3.8) is 0 Å². The predicted molar refractivity (Wildman–Crippen MR) is 89.0 cm³/mol. The molecule has 0 spiro atoms. The lowest BCUT2D eigenvalue weighted by molar-refractivity contribution is 1.18. The SMILES string of the molecule is C/C=C\C=C/N(C)c1cc(-c2ccccc2)ccc1C. The van der Waals surface area contributed by atoms with Crippen LogP contribution in [0.3, 0.4) is 0 Å². The third-order valence-corrected chi connectivity index (χ3v) is 3.31. The molecule has 0 aliphatic rings. The van der Waals surface area contributed by atoms with Crippen LogP contribution in [0.5, 0.6) is 0 Å². The third kappa shape index (κ3) is 3.39. The highest BCUT2D eigenvalue weighted by Crippen LogP contribution is 2.27. The van der Waals surface area contributed by atoms with Crippen LogP contribution in [0.4, 0.5) is 5.69 Å². The van der Waals surface area contributed by atoms with Crippen molar-refractivity contribution in [1.29, 1.82) is 0 Å². The van der Waals surface area contributed by atoms with Crippen LogP contribution in [0.25, 0.3) is 11.1 Å². The van der Waals surface area contributed by atoms with Gasteiger partial charge in [0.2, 0.25) is 0 Å². The van der Waals surface area contributed by atoms with Crippen molar-refractivity contribution in [1.82, 2.24) is 0 Å². The van der Waals surface area contributed by atoms with E-state index in [9.17, 15) is 0 Å². The summed E-state index contributed by atoms with van der Waals surface area (Å²) >= 11 is 0. The van der Waals surface area contributed by atoms with Gasteiger partial charge in [-0.2, -0.15) is 0 Å². The van der Waals surface area contributed by atoms with Gasteiger partial charge in [-0.15, -0.1) is 0 Å². The number of hydrogen-bond donors (Lipinski definition) is 0. The van der Waals surface area contributed by atoms with E-state index in [4.69, 9.17) is 0 Å². The lowest BCUT2D eigenvalue weighted by atomic mass is 10.0. The van der Waals surface area contributed by atoms with Crippen molar-refractivity contribution in [2.75, 3.05) is 11.9 Å². The van der Waals surface area contributed by atoms with Gasteiger partial charge >= 0.3 is 0 Å². The number of benzene rings is 2. The summed E-state index contributed by atoms with van der Waals surface area (Å²) in [6, 6.07) is 17.1. The van der Waals surface area contributed by atoms with Gasteiger partial charge in [-0.05, 0) is 42.7 Å². The molecular weight excluding hydrogens is 242 g/mol. The van der Waals surface area contributed by atoms with E-state index in [-0.39, 0.29) is 0 Å². The maximum Gasteiger partial charge on any atom is 0.0439 e. The molecule has 0 amide bonds. The second kappa shape index (κ2) is 6.76. The highest BCUT2D eigenvalue weighted by molar-refractivity contribution is 5.71. The molecule has 2 aromatic rings. The molecule has 2 aromatic carbocycles. The molecule has 0 saturated carbocycles. The molecule has 102 valence electrons. The van der Waals surface area contributed by atoms with Crippen LogP contribution in [-0.2, 0) is 0 Å². The lowest BCUT2D eigenvalue weighted by Crippen LogP contribution is -2.09. The van der Waals surface area contributed by atoms with Crippen molar-refractivity contribution < 1.29 is 0 Å². The van der Waals surface area contributed by atoms with E-state index in [1.807, 2.05) is 25.1 Å². The summed E-state index contributed by atoms with van der Waals surface area (Å²) < 4.78 is 0. The molecule has 2 rings (SSSR count). The van der Waals surface area contributed by atoms with Gasteiger partial charge in [-0.3, -0.25) is 0 Å². The molecule has 0 bridgehead atoms. The summed E-state index contributed by atoms with van der Waals surface area (Å²) in [5.41, 5.74) is 5.00. The fourth-order valence-corrected chi connectivity index (χ4v) is 2.17. The predicted octanol–water partition coefficient (Wildman–Crippen LogP) is 5.19. The monoisotopic (exact) mass is 263 g/mol. The number of rotatable bonds is 4. The highest BCUT2D eigenvalue weighted by atomic mass is 15.1. The Morgan fingerprint density at radius 3 is 2.35 bits per heavy atom. The first kappa shape index (κ1) is 14.1. The second-order valence-electron chi connectivity index (χ2n) is 4.85. The van der Waals surface area contributed by atoms with Crippen LogP contribution in [0.1, 0.15) is 12.5 Å². The molecule has 0 aromatic heterocycles. The van der Waals surface area contributed by atoms with Crippen molar-refractivity contribution in [2.45, 2.75) is 13.8 Å². The Morgan fingerprint density at radius 1 is 0.900 bits per heavy atom. The normalized spacial score (nSPS) is 11.3. The van der Waals surface area contributed by atoms with E-state index in [0.717, 1.165) is 0 Å². The Bertz CT molecular complexity index is 609. The van der Waals surface area contributed by atoms with Gasteiger partial charge in [0.15, 0.2) is 0 Å². The van der Waals surface area contributed by atoms with Gasteiger partial charge in [-0.25, -0.2) is 0 Å². The molecule has 0 fully saturated rings. The Hall–Kier alpha value is -2.28. The first-order chi connectivity index (χ1) is 9.72. The van der Waals surface area contributed by atoms with Gasteiger partial charge in [0.25, 0.3) is 0 Å². The Balaban J connectivity index is 2.34. The zero-order chi connectivity index (χ0) is 14.4. The summed E-state index contributed by atoms with van der Waals surface area (Å²) in [4.78, 5) is 2.15. The minimum absolute atomic E-state index is 1.23. The Labute approximate surface area is 121 Å².